The molecule has 2 N–H and O–H groups in total. The molecule has 0 atom stereocenters. The number of imidazole rings is 1. The number of aromatic amines is 1. The van der Waals surface area contributed by atoms with Crippen LogP contribution in [0.2, 0.25) is 5.02 Å². The number of aromatic nitrogens is 2. The van der Waals surface area contributed by atoms with Crippen molar-refractivity contribution in [1.82, 2.24) is 15.3 Å². The van der Waals surface area contributed by atoms with Gasteiger partial charge < -0.3 is 10.3 Å². The molecule has 0 aliphatic heterocycles. The Balaban J connectivity index is 1.91. The van der Waals surface area contributed by atoms with Gasteiger partial charge in [-0.2, -0.15) is 0 Å². The Hall–Kier alpha value is -1.33. The minimum atomic E-state index is -0.127. The lowest BCUT2D eigenvalue weighted by Gasteiger charge is -2.06. The van der Waals surface area contributed by atoms with Crippen LogP contribution in [-0.4, -0.2) is 22.4 Å². The van der Waals surface area contributed by atoms with E-state index in [0.717, 1.165) is 12.1 Å². The average molecular weight is 329 g/mol. The molecule has 0 aliphatic rings. The summed E-state index contributed by atoms with van der Waals surface area (Å²) in [4.78, 5) is 18.8. The van der Waals surface area contributed by atoms with E-state index in [1.807, 2.05) is 0 Å². The molecule has 0 fully saturated rings. The van der Waals surface area contributed by atoms with Crippen LogP contribution in [0.15, 0.2) is 35.2 Å². The molecule has 1 aromatic heterocycles. The molecule has 18 heavy (non-hydrogen) atoms. The Morgan fingerprint density at radius 1 is 1.50 bits per heavy atom. The largest absolute Gasteiger partial charge is 0.352 e. The molecule has 0 unspecified atom stereocenters. The third-order valence-corrected chi connectivity index (χ3v) is 3.30. The first-order valence-corrected chi connectivity index (χ1v) is 6.54. The molecule has 0 saturated heterocycles. The lowest BCUT2D eigenvalue weighted by molar-refractivity contribution is 0.0953. The minimum Gasteiger partial charge on any atom is -0.352 e. The van der Waals surface area contributed by atoms with E-state index >= 15 is 0 Å². The van der Waals surface area contributed by atoms with Crippen molar-refractivity contribution in [3.63, 3.8) is 0 Å². The van der Waals surface area contributed by atoms with Gasteiger partial charge in [0.05, 0.1) is 11.9 Å². The first-order chi connectivity index (χ1) is 8.66. The van der Waals surface area contributed by atoms with Gasteiger partial charge >= 0.3 is 0 Å². The first kappa shape index (κ1) is 13.1. The number of rotatable bonds is 4. The molecule has 6 heteroatoms. The standard InChI is InChI=1S/C12H11BrClN3O/c13-11-5-8(14)1-2-10(11)12(18)16-4-3-9-6-15-7-17-9/h1-2,5-7H,3-4H2,(H,15,17)(H,16,18). The smallest absolute Gasteiger partial charge is 0.252 e. The fraction of sp³-hybridized carbons (Fsp3) is 0.167. The quantitative estimate of drug-likeness (QED) is 0.906. The Kier molecular flexibility index (Phi) is 4.38. The van der Waals surface area contributed by atoms with Crippen LogP contribution >= 0.6 is 27.5 Å². The topological polar surface area (TPSA) is 57.8 Å². The Morgan fingerprint density at radius 3 is 3.00 bits per heavy atom. The van der Waals surface area contributed by atoms with Crippen molar-refractivity contribution in [2.45, 2.75) is 6.42 Å². The number of nitrogens with one attached hydrogen (secondary N) is 2. The maximum atomic E-state index is 11.9. The Labute approximate surface area is 118 Å². The molecule has 1 amide bonds. The van der Waals surface area contributed by atoms with Gasteiger partial charge in [0.15, 0.2) is 0 Å². The summed E-state index contributed by atoms with van der Waals surface area (Å²) in [6.07, 6.45) is 4.08. The zero-order valence-electron chi connectivity index (χ0n) is 9.41. The molecule has 0 radical (unpaired) electrons. The lowest BCUT2D eigenvalue weighted by Crippen LogP contribution is -2.26. The number of nitrogens with zero attached hydrogens (tertiary/aromatic N) is 1. The number of carbonyl (C=O) groups excluding carboxylic acids is 1. The van der Waals surface area contributed by atoms with Crippen LogP contribution in [-0.2, 0) is 6.42 Å². The van der Waals surface area contributed by atoms with Crippen LogP contribution in [0.25, 0.3) is 0 Å². The third-order valence-electron chi connectivity index (χ3n) is 2.41. The molecule has 0 saturated carbocycles. The number of benzene rings is 1. The zero-order chi connectivity index (χ0) is 13.0. The molecule has 0 bridgehead atoms. The van der Waals surface area contributed by atoms with Crippen LogP contribution in [0.3, 0.4) is 0 Å². The second-order valence-corrected chi connectivity index (χ2v) is 5.00. The number of hydrogen-bond acceptors (Lipinski definition) is 2. The van der Waals surface area contributed by atoms with Gasteiger partial charge in [-0.05, 0) is 34.1 Å². The highest BCUT2D eigenvalue weighted by molar-refractivity contribution is 9.10. The highest BCUT2D eigenvalue weighted by atomic mass is 79.9. The van der Waals surface area contributed by atoms with Crippen molar-refractivity contribution in [3.8, 4) is 0 Å². The number of halogens is 2. The average Bonchev–Trinajstić information content (AvgIpc) is 2.81. The van der Waals surface area contributed by atoms with Gasteiger partial charge in [0, 0.05) is 34.4 Å². The van der Waals surface area contributed by atoms with E-state index < -0.39 is 0 Å². The second kappa shape index (κ2) is 6.02. The molecule has 2 aromatic rings. The summed E-state index contributed by atoms with van der Waals surface area (Å²) in [5, 5.41) is 3.43. The van der Waals surface area contributed by atoms with Gasteiger partial charge in [0.2, 0.25) is 0 Å². The first-order valence-electron chi connectivity index (χ1n) is 5.37. The fourth-order valence-corrected chi connectivity index (χ4v) is 2.36. The molecule has 94 valence electrons. The van der Waals surface area contributed by atoms with Crippen LogP contribution in [0.5, 0.6) is 0 Å². The summed E-state index contributed by atoms with van der Waals surface area (Å²) in [6.45, 7) is 0.552. The molecule has 1 heterocycles. The van der Waals surface area contributed by atoms with Crippen molar-refractivity contribution in [3.05, 3.63) is 51.5 Å². The zero-order valence-corrected chi connectivity index (χ0v) is 11.8. The molecule has 0 spiro atoms. The summed E-state index contributed by atoms with van der Waals surface area (Å²) in [6, 6.07) is 5.08. The molecule has 1 aromatic carbocycles. The van der Waals surface area contributed by atoms with Crippen molar-refractivity contribution >= 4 is 33.4 Å². The Morgan fingerprint density at radius 2 is 2.33 bits per heavy atom. The summed E-state index contributed by atoms with van der Waals surface area (Å²) < 4.78 is 0.689. The summed E-state index contributed by atoms with van der Waals surface area (Å²) >= 11 is 9.14. The summed E-state index contributed by atoms with van der Waals surface area (Å²) in [7, 11) is 0. The number of amides is 1. The third kappa shape index (κ3) is 3.34. The highest BCUT2D eigenvalue weighted by Crippen LogP contribution is 2.21. The number of carbonyl (C=O) groups is 1. The van der Waals surface area contributed by atoms with Crippen molar-refractivity contribution in [2.24, 2.45) is 0 Å². The normalized spacial score (nSPS) is 10.3. The van der Waals surface area contributed by atoms with E-state index in [-0.39, 0.29) is 5.91 Å². The predicted molar refractivity (Wildman–Crippen MR) is 73.8 cm³/mol. The monoisotopic (exact) mass is 327 g/mol. The van der Waals surface area contributed by atoms with Crippen LogP contribution in [0.1, 0.15) is 16.1 Å². The Bertz CT molecular complexity index is 542. The van der Waals surface area contributed by atoms with Crippen LogP contribution < -0.4 is 5.32 Å². The van der Waals surface area contributed by atoms with Gasteiger partial charge in [-0.15, -0.1) is 0 Å². The SMILES string of the molecule is O=C(NCCc1cnc[nH]1)c1ccc(Cl)cc1Br. The number of H-pyrrole nitrogens is 1. The molecule has 0 aliphatic carbocycles. The van der Waals surface area contributed by atoms with E-state index in [1.165, 1.54) is 0 Å². The van der Waals surface area contributed by atoms with Gasteiger partial charge in [-0.25, -0.2) is 4.98 Å². The molecular weight excluding hydrogens is 318 g/mol. The van der Waals surface area contributed by atoms with Gasteiger partial charge in [-0.3, -0.25) is 4.79 Å². The maximum Gasteiger partial charge on any atom is 0.252 e. The van der Waals surface area contributed by atoms with Crippen molar-refractivity contribution in [1.29, 1.82) is 0 Å². The van der Waals surface area contributed by atoms with E-state index in [9.17, 15) is 4.79 Å². The highest BCUT2D eigenvalue weighted by Gasteiger charge is 2.09. The minimum absolute atomic E-state index is 0.127. The second-order valence-electron chi connectivity index (χ2n) is 3.71. The van der Waals surface area contributed by atoms with Gasteiger partial charge in [-0.1, -0.05) is 11.6 Å². The van der Waals surface area contributed by atoms with E-state index in [2.05, 4.69) is 31.2 Å². The summed E-state index contributed by atoms with van der Waals surface area (Å²) in [5.74, 6) is -0.127. The van der Waals surface area contributed by atoms with Crippen LogP contribution in [0.4, 0.5) is 0 Å². The predicted octanol–water partition coefficient (Wildman–Crippen LogP) is 2.80. The van der Waals surface area contributed by atoms with E-state index in [0.29, 0.717) is 21.6 Å². The fourth-order valence-electron chi connectivity index (χ4n) is 1.50. The van der Waals surface area contributed by atoms with Crippen molar-refractivity contribution in [2.75, 3.05) is 6.54 Å². The summed E-state index contributed by atoms with van der Waals surface area (Å²) in [5.41, 5.74) is 1.56. The number of hydrogen-bond donors (Lipinski definition) is 2. The van der Waals surface area contributed by atoms with Crippen molar-refractivity contribution < 1.29 is 4.79 Å². The molecule has 2 rings (SSSR count). The van der Waals surface area contributed by atoms with E-state index in [4.69, 9.17) is 11.6 Å². The lowest BCUT2D eigenvalue weighted by atomic mass is 10.2. The van der Waals surface area contributed by atoms with Gasteiger partial charge in [0.1, 0.15) is 0 Å². The maximum absolute atomic E-state index is 11.9. The van der Waals surface area contributed by atoms with Gasteiger partial charge in [0.25, 0.3) is 5.91 Å². The van der Waals surface area contributed by atoms with Crippen LogP contribution in [0, 0.1) is 0 Å². The molecule has 4 nitrogen and oxygen atoms in total. The van der Waals surface area contributed by atoms with E-state index in [1.54, 1.807) is 30.7 Å². The molecular formula is C12H11BrClN3O.